The molecule has 0 saturated heterocycles. The Morgan fingerprint density at radius 1 is 0.966 bits per heavy atom. The summed E-state index contributed by atoms with van der Waals surface area (Å²) in [4.78, 5) is 24.6. The van der Waals surface area contributed by atoms with Crippen molar-refractivity contribution in [1.82, 2.24) is 4.98 Å². The first kappa shape index (κ1) is 18.2. The number of hydrogen-bond donors (Lipinski definition) is 2. The van der Waals surface area contributed by atoms with Crippen LogP contribution in [0.5, 0.6) is 0 Å². The number of benzene rings is 3. The quantitative estimate of drug-likeness (QED) is 0.183. The van der Waals surface area contributed by atoms with Crippen LogP contribution in [0.15, 0.2) is 75.9 Å². The Morgan fingerprint density at radius 2 is 1.72 bits per heavy atom. The molecule has 3 N–H and O–H groups in total. The maximum atomic E-state index is 11.0. The highest BCUT2D eigenvalue weighted by Gasteiger charge is 2.14. The van der Waals surface area contributed by atoms with Crippen LogP contribution in [0.1, 0.15) is 5.56 Å². The molecule has 144 valence electrons. The summed E-state index contributed by atoms with van der Waals surface area (Å²) in [6, 6.07) is 19.6. The van der Waals surface area contributed by atoms with Gasteiger partial charge in [0.25, 0.3) is 5.69 Å². The molecule has 2 aromatic heterocycles. The number of nitrogens with one attached hydrogen (secondary N) is 1. The van der Waals surface area contributed by atoms with Crippen molar-refractivity contribution in [3.63, 3.8) is 0 Å². The Hall–Kier alpha value is -4.13. The van der Waals surface area contributed by atoms with Crippen LogP contribution in [0, 0.1) is 17.0 Å². The lowest BCUT2D eigenvalue weighted by Crippen LogP contribution is -1.98. The second-order valence-corrected chi connectivity index (χ2v) is 6.63. The number of nitro benzene ring substituents is 1. The third kappa shape index (κ3) is 3.41. The third-order valence-electron chi connectivity index (χ3n) is 4.69. The molecule has 0 bridgehead atoms. The predicted molar refractivity (Wildman–Crippen MR) is 114 cm³/mol. The lowest BCUT2D eigenvalue weighted by molar-refractivity contribution is -0.383. The molecular formula is C22H17N3O4. The Labute approximate surface area is 164 Å². The van der Waals surface area contributed by atoms with Gasteiger partial charge in [0.05, 0.1) is 4.92 Å². The van der Waals surface area contributed by atoms with Crippen molar-refractivity contribution in [3.05, 3.63) is 92.8 Å². The molecule has 0 aliphatic heterocycles. The Balaban J connectivity index is 0.000000145. The summed E-state index contributed by atoms with van der Waals surface area (Å²) in [6.45, 7) is 1.87. The number of non-ortho nitro benzene ring substituents is 1. The fourth-order valence-corrected chi connectivity index (χ4v) is 3.35. The largest absolute Gasteiger partial charge is 0.423 e. The van der Waals surface area contributed by atoms with E-state index in [1.807, 2.05) is 43.3 Å². The molecule has 0 atom stereocenters. The lowest BCUT2D eigenvalue weighted by Gasteiger charge is -2.00. The number of nitro groups is 1. The van der Waals surface area contributed by atoms with Crippen LogP contribution in [-0.4, -0.2) is 9.91 Å². The molecule has 0 saturated carbocycles. The summed E-state index contributed by atoms with van der Waals surface area (Å²) < 4.78 is 4.99. The van der Waals surface area contributed by atoms with Crippen molar-refractivity contribution >= 4 is 44.1 Å². The molecule has 5 rings (SSSR count). The van der Waals surface area contributed by atoms with Gasteiger partial charge in [-0.15, -0.1) is 0 Å². The Bertz CT molecular complexity index is 1430. The van der Waals surface area contributed by atoms with Crippen LogP contribution < -0.4 is 11.4 Å². The molecule has 0 spiro atoms. The molecule has 0 radical (unpaired) electrons. The van der Waals surface area contributed by atoms with Gasteiger partial charge in [-0.1, -0.05) is 30.3 Å². The minimum absolute atomic E-state index is 0.119. The fraction of sp³-hybridized carbons (Fsp3) is 0.0455. The predicted octanol–water partition coefficient (Wildman–Crippen LogP) is 4.91. The average molecular weight is 387 g/mol. The van der Waals surface area contributed by atoms with Crippen molar-refractivity contribution in [2.75, 3.05) is 5.73 Å². The van der Waals surface area contributed by atoms with E-state index in [-0.39, 0.29) is 16.2 Å². The third-order valence-corrected chi connectivity index (χ3v) is 4.69. The van der Waals surface area contributed by atoms with Crippen molar-refractivity contribution in [2.24, 2.45) is 0 Å². The molecule has 7 nitrogen and oxygen atoms in total. The molecule has 2 heterocycles. The number of nitrogen functional groups attached to an aromatic ring is 1. The van der Waals surface area contributed by atoms with Gasteiger partial charge < -0.3 is 15.1 Å². The van der Waals surface area contributed by atoms with Crippen LogP contribution >= 0.6 is 0 Å². The normalized spacial score (nSPS) is 10.8. The molecule has 0 fully saturated rings. The summed E-state index contributed by atoms with van der Waals surface area (Å²) in [6.07, 6.45) is 0. The number of para-hydroxylation sites is 2. The first-order chi connectivity index (χ1) is 13.9. The van der Waals surface area contributed by atoms with E-state index in [4.69, 9.17) is 10.2 Å². The summed E-state index contributed by atoms with van der Waals surface area (Å²) in [5, 5.41) is 13.7. The van der Waals surface area contributed by atoms with Gasteiger partial charge in [-0.2, -0.15) is 0 Å². The number of aromatic nitrogens is 1. The van der Waals surface area contributed by atoms with Gasteiger partial charge >= 0.3 is 5.63 Å². The van der Waals surface area contributed by atoms with E-state index < -0.39 is 0 Å². The van der Waals surface area contributed by atoms with E-state index in [2.05, 4.69) is 4.98 Å². The van der Waals surface area contributed by atoms with Gasteiger partial charge in [-0.05, 0) is 30.7 Å². The number of anilines is 1. The zero-order chi connectivity index (χ0) is 20.5. The van der Waals surface area contributed by atoms with E-state index in [0.717, 1.165) is 27.2 Å². The number of nitrogens with zero attached hydrogens (tertiary/aromatic N) is 1. The van der Waals surface area contributed by atoms with Crippen LogP contribution in [0.3, 0.4) is 0 Å². The van der Waals surface area contributed by atoms with Gasteiger partial charge in [0.2, 0.25) is 0 Å². The standard InChI is InChI=1S/C12H8N2O2.C10H9NO2/c15-14(16)11-7-3-5-9-8-4-1-2-6-10(8)13-12(9)11;1-6-4-10(12)13-9-5-7(11)2-3-8(6)9/h1-7,13H;2-5H,11H2,1H3. The second-order valence-electron chi connectivity index (χ2n) is 6.63. The summed E-state index contributed by atoms with van der Waals surface area (Å²) in [5.41, 5.74) is 8.91. The van der Waals surface area contributed by atoms with Crippen LogP contribution in [0.2, 0.25) is 0 Å². The topological polar surface area (TPSA) is 115 Å². The number of fused-ring (bicyclic) bond motifs is 4. The smallest absolute Gasteiger partial charge is 0.336 e. The fourth-order valence-electron chi connectivity index (χ4n) is 3.35. The van der Waals surface area contributed by atoms with E-state index in [1.165, 1.54) is 12.1 Å². The van der Waals surface area contributed by atoms with E-state index in [1.54, 1.807) is 18.2 Å². The van der Waals surface area contributed by atoms with E-state index >= 15 is 0 Å². The van der Waals surface area contributed by atoms with Gasteiger partial charge in [0.1, 0.15) is 11.1 Å². The van der Waals surface area contributed by atoms with Crippen molar-refractivity contribution in [2.45, 2.75) is 6.92 Å². The van der Waals surface area contributed by atoms with E-state index in [9.17, 15) is 14.9 Å². The van der Waals surface area contributed by atoms with Gasteiger partial charge in [-0.25, -0.2) is 4.79 Å². The number of rotatable bonds is 1. The first-order valence-corrected chi connectivity index (χ1v) is 8.88. The number of H-pyrrole nitrogens is 1. The van der Waals surface area contributed by atoms with Crippen molar-refractivity contribution in [3.8, 4) is 0 Å². The van der Waals surface area contributed by atoms with Crippen molar-refractivity contribution in [1.29, 1.82) is 0 Å². The summed E-state index contributed by atoms with van der Waals surface area (Å²) >= 11 is 0. The van der Waals surface area contributed by atoms with Crippen molar-refractivity contribution < 1.29 is 9.34 Å². The molecular weight excluding hydrogens is 370 g/mol. The van der Waals surface area contributed by atoms with Gasteiger partial charge in [0.15, 0.2) is 0 Å². The number of hydrogen-bond acceptors (Lipinski definition) is 5. The highest BCUT2D eigenvalue weighted by Crippen LogP contribution is 2.30. The number of aromatic amines is 1. The molecule has 3 aromatic carbocycles. The van der Waals surface area contributed by atoms with E-state index in [0.29, 0.717) is 16.8 Å². The van der Waals surface area contributed by atoms with Gasteiger partial charge in [0, 0.05) is 45.6 Å². The second kappa shape index (κ2) is 7.12. The average Bonchev–Trinajstić information content (AvgIpc) is 3.06. The first-order valence-electron chi connectivity index (χ1n) is 8.88. The summed E-state index contributed by atoms with van der Waals surface area (Å²) in [5.74, 6) is 0. The number of nitrogens with two attached hydrogens (primary N) is 1. The molecule has 0 unspecified atom stereocenters. The molecule has 7 heteroatoms. The highest BCUT2D eigenvalue weighted by atomic mass is 16.6. The minimum atomic E-state index is -0.363. The molecule has 0 aliphatic carbocycles. The monoisotopic (exact) mass is 387 g/mol. The Kier molecular flexibility index (Phi) is 4.48. The molecule has 0 aliphatic rings. The highest BCUT2D eigenvalue weighted by molar-refractivity contribution is 6.09. The molecule has 29 heavy (non-hydrogen) atoms. The SMILES string of the molecule is Cc1cc(=O)oc2cc(N)ccc12.O=[N+]([O-])c1cccc2c1[nH]c1ccccc12. The zero-order valence-corrected chi connectivity index (χ0v) is 15.5. The Morgan fingerprint density at radius 3 is 2.52 bits per heavy atom. The van der Waals surface area contributed by atoms with Crippen LogP contribution in [0.4, 0.5) is 11.4 Å². The maximum Gasteiger partial charge on any atom is 0.336 e. The lowest BCUT2D eigenvalue weighted by atomic mass is 10.1. The van der Waals surface area contributed by atoms with Crippen LogP contribution in [-0.2, 0) is 0 Å². The number of aryl methyl sites for hydroxylation is 1. The summed E-state index contributed by atoms with van der Waals surface area (Å²) in [7, 11) is 0. The molecule has 5 aromatic rings. The molecule has 0 amide bonds. The maximum absolute atomic E-state index is 11.0. The van der Waals surface area contributed by atoms with Gasteiger partial charge in [-0.3, -0.25) is 10.1 Å². The zero-order valence-electron chi connectivity index (χ0n) is 15.5. The minimum Gasteiger partial charge on any atom is -0.423 e. The van der Waals surface area contributed by atoms with Crippen LogP contribution in [0.25, 0.3) is 32.8 Å².